The third-order valence-electron chi connectivity index (χ3n) is 4.95. The van der Waals surface area contributed by atoms with E-state index >= 15 is 0 Å². The molecule has 1 aliphatic carbocycles. The number of ether oxygens (including phenoxy) is 1. The fourth-order valence-electron chi connectivity index (χ4n) is 3.90. The predicted molar refractivity (Wildman–Crippen MR) is 83.1 cm³/mol. The first-order valence-corrected chi connectivity index (χ1v) is 8.12. The van der Waals surface area contributed by atoms with Gasteiger partial charge < -0.3 is 4.74 Å². The van der Waals surface area contributed by atoms with E-state index in [0.717, 1.165) is 26.2 Å². The Hall–Kier alpha value is -1.72. The topological polar surface area (TPSA) is 43.2 Å². The minimum atomic E-state index is 0.347. The molecule has 2 aromatic heterocycles. The van der Waals surface area contributed by atoms with Crippen molar-refractivity contribution in [1.29, 1.82) is 0 Å². The Morgan fingerprint density at radius 1 is 1.18 bits per heavy atom. The molecule has 3 heterocycles. The summed E-state index contributed by atoms with van der Waals surface area (Å²) in [6.07, 6.45) is 10.4. The summed E-state index contributed by atoms with van der Waals surface area (Å²) < 4.78 is 8.18. The van der Waals surface area contributed by atoms with E-state index in [-0.39, 0.29) is 0 Å². The van der Waals surface area contributed by atoms with E-state index in [1.165, 1.54) is 18.4 Å². The molecule has 2 aliphatic rings. The van der Waals surface area contributed by atoms with Crippen molar-refractivity contribution in [1.82, 2.24) is 19.7 Å². The Kier molecular flexibility index (Phi) is 3.91. The third kappa shape index (κ3) is 2.78. The van der Waals surface area contributed by atoms with Gasteiger partial charge in [0.05, 0.1) is 12.7 Å². The maximum absolute atomic E-state index is 6.14. The van der Waals surface area contributed by atoms with Crippen LogP contribution in [0.3, 0.4) is 0 Å². The Balaban J connectivity index is 1.44. The van der Waals surface area contributed by atoms with Gasteiger partial charge >= 0.3 is 0 Å². The van der Waals surface area contributed by atoms with Crippen LogP contribution in [0.5, 0.6) is 0 Å². The van der Waals surface area contributed by atoms with Crippen LogP contribution >= 0.6 is 0 Å². The SMILES string of the molecule is c1cnn(CC2CCC3C2OCCN3Cc2ccncc2)c1. The molecule has 1 saturated heterocycles. The zero-order valence-electron chi connectivity index (χ0n) is 12.7. The van der Waals surface area contributed by atoms with Gasteiger partial charge in [-0.05, 0) is 36.6 Å². The molecule has 5 nitrogen and oxygen atoms in total. The molecule has 0 spiro atoms. The van der Waals surface area contributed by atoms with E-state index in [1.807, 2.05) is 35.5 Å². The molecule has 22 heavy (non-hydrogen) atoms. The minimum Gasteiger partial charge on any atom is -0.375 e. The van der Waals surface area contributed by atoms with Gasteiger partial charge in [-0.2, -0.15) is 5.10 Å². The summed E-state index contributed by atoms with van der Waals surface area (Å²) >= 11 is 0. The van der Waals surface area contributed by atoms with Gasteiger partial charge in [-0.15, -0.1) is 0 Å². The first-order valence-electron chi connectivity index (χ1n) is 8.12. The molecule has 2 fully saturated rings. The summed E-state index contributed by atoms with van der Waals surface area (Å²) in [6.45, 7) is 3.83. The van der Waals surface area contributed by atoms with Crippen LogP contribution in [0.2, 0.25) is 0 Å². The highest BCUT2D eigenvalue weighted by Crippen LogP contribution is 2.36. The van der Waals surface area contributed by atoms with Crippen LogP contribution in [-0.4, -0.2) is 45.0 Å². The van der Waals surface area contributed by atoms with Crippen LogP contribution in [0.1, 0.15) is 18.4 Å². The van der Waals surface area contributed by atoms with Crippen LogP contribution in [0.15, 0.2) is 43.0 Å². The first-order chi connectivity index (χ1) is 10.9. The summed E-state index contributed by atoms with van der Waals surface area (Å²) in [4.78, 5) is 6.70. The molecule has 116 valence electrons. The Morgan fingerprint density at radius 2 is 2.09 bits per heavy atom. The van der Waals surface area contributed by atoms with Crippen LogP contribution in [-0.2, 0) is 17.8 Å². The maximum atomic E-state index is 6.14. The summed E-state index contributed by atoms with van der Waals surface area (Å²) in [5, 5.41) is 4.34. The van der Waals surface area contributed by atoms with Gasteiger partial charge in [0.2, 0.25) is 0 Å². The third-order valence-corrected chi connectivity index (χ3v) is 4.95. The molecule has 0 aromatic carbocycles. The Bertz CT molecular complexity index is 586. The second-order valence-electron chi connectivity index (χ2n) is 6.29. The van der Waals surface area contributed by atoms with Gasteiger partial charge in [0, 0.05) is 56.4 Å². The minimum absolute atomic E-state index is 0.347. The molecule has 3 unspecified atom stereocenters. The molecular formula is C17H22N4O. The highest BCUT2D eigenvalue weighted by atomic mass is 16.5. The van der Waals surface area contributed by atoms with Gasteiger partial charge in [0.25, 0.3) is 0 Å². The zero-order chi connectivity index (χ0) is 14.8. The van der Waals surface area contributed by atoms with Gasteiger partial charge in [0.1, 0.15) is 0 Å². The quantitative estimate of drug-likeness (QED) is 0.865. The normalized spacial score (nSPS) is 28.6. The number of hydrogen-bond donors (Lipinski definition) is 0. The Labute approximate surface area is 130 Å². The van der Waals surface area contributed by atoms with Crippen molar-refractivity contribution in [2.75, 3.05) is 13.2 Å². The standard InChI is InChI=1S/C17H22N4O/c1-6-19-21(9-1)13-15-2-3-16-17(15)22-11-10-20(16)12-14-4-7-18-8-5-14/h1,4-9,15-17H,2-3,10-13H2. The van der Waals surface area contributed by atoms with Gasteiger partial charge in [-0.1, -0.05) is 0 Å². The first kappa shape index (κ1) is 13.9. The molecule has 3 atom stereocenters. The molecule has 5 heteroatoms. The van der Waals surface area contributed by atoms with Crippen molar-refractivity contribution in [3.8, 4) is 0 Å². The molecule has 1 aliphatic heterocycles. The fraction of sp³-hybridized carbons (Fsp3) is 0.529. The lowest BCUT2D eigenvalue weighted by atomic mass is 10.0. The Morgan fingerprint density at radius 3 is 2.91 bits per heavy atom. The molecular weight excluding hydrogens is 276 g/mol. The largest absolute Gasteiger partial charge is 0.375 e. The van der Waals surface area contributed by atoms with E-state index in [2.05, 4.69) is 27.1 Å². The van der Waals surface area contributed by atoms with Crippen molar-refractivity contribution >= 4 is 0 Å². The number of pyridine rings is 1. The van der Waals surface area contributed by atoms with Gasteiger partial charge in [-0.3, -0.25) is 14.6 Å². The van der Waals surface area contributed by atoms with E-state index in [4.69, 9.17) is 4.74 Å². The monoisotopic (exact) mass is 298 g/mol. The number of fused-ring (bicyclic) bond motifs is 1. The lowest BCUT2D eigenvalue weighted by Gasteiger charge is -2.39. The van der Waals surface area contributed by atoms with Gasteiger partial charge in [0.15, 0.2) is 0 Å². The van der Waals surface area contributed by atoms with E-state index in [1.54, 1.807) is 0 Å². The van der Waals surface area contributed by atoms with E-state index in [9.17, 15) is 0 Å². The average Bonchev–Trinajstić information content (AvgIpc) is 3.20. The van der Waals surface area contributed by atoms with Gasteiger partial charge in [-0.25, -0.2) is 0 Å². The molecule has 0 bridgehead atoms. The van der Waals surface area contributed by atoms with Crippen LogP contribution in [0.25, 0.3) is 0 Å². The summed E-state index contributed by atoms with van der Waals surface area (Å²) in [5.74, 6) is 0.574. The van der Waals surface area contributed by atoms with E-state index < -0.39 is 0 Å². The second kappa shape index (κ2) is 6.18. The van der Waals surface area contributed by atoms with E-state index in [0.29, 0.717) is 18.1 Å². The fourth-order valence-corrected chi connectivity index (χ4v) is 3.90. The smallest absolute Gasteiger partial charge is 0.0776 e. The lowest BCUT2D eigenvalue weighted by molar-refractivity contribution is -0.0789. The number of aromatic nitrogens is 3. The summed E-state index contributed by atoms with van der Waals surface area (Å²) in [7, 11) is 0. The summed E-state index contributed by atoms with van der Waals surface area (Å²) in [6, 6.07) is 6.76. The van der Waals surface area contributed by atoms with Crippen molar-refractivity contribution in [3.63, 3.8) is 0 Å². The highest BCUT2D eigenvalue weighted by Gasteiger charge is 2.42. The van der Waals surface area contributed by atoms with Crippen molar-refractivity contribution in [3.05, 3.63) is 48.5 Å². The second-order valence-corrected chi connectivity index (χ2v) is 6.29. The lowest BCUT2D eigenvalue weighted by Crippen LogP contribution is -2.50. The predicted octanol–water partition coefficient (Wildman–Crippen LogP) is 1.96. The number of rotatable bonds is 4. The number of nitrogens with zero attached hydrogens (tertiary/aromatic N) is 4. The highest BCUT2D eigenvalue weighted by molar-refractivity contribution is 5.10. The van der Waals surface area contributed by atoms with Crippen molar-refractivity contribution in [2.45, 2.75) is 38.1 Å². The molecule has 4 rings (SSSR count). The maximum Gasteiger partial charge on any atom is 0.0776 e. The number of morpholine rings is 1. The molecule has 2 aromatic rings. The molecule has 1 saturated carbocycles. The number of hydrogen-bond acceptors (Lipinski definition) is 4. The van der Waals surface area contributed by atoms with Crippen molar-refractivity contribution < 1.29 is 4.74 Å². The molecule has 0 N–H and O–H groups in total. The van der Waals surface area contributed by atoms with Crippen LogP contribution in [0.4, 0.5) is 0 Å². The summed E-state index contributed by atoms with van der Waals surface area (Å²) in [5.41, 5.74) is 1.34. The molecule has 0 amide bonds. The van der Waals surface area contributed by atoms with Crippen molar-refractivity contribution in [2.24, 2.45) is 5.92 Å². The van der Waals surface area contributed by atoms with Crippen LogP contribution < -0.4 is 0 Å². The van der Waals surface area contributed by atoms with Crippen LogP contribution in [0, 0.1) is 5.92 Å². The average molecular weight is 298 g/mol. The molecule has 0 radical (unpaired) electrons. The zero-order valence-corrected chi connectivity index (χ0v) is 12.7.